The van der Waals surface area contributed by atoms with Crippen LogP contribution < -0.4 is 10.1 Å². The normalized spacial score (nSPS) is 10.8. The molecule has 0 saturated carbocycles. The summed E-state index contributed by atoms with van der Waals surface area (Å²) >= 11 is 8.29. The highest BCUT2D eigenvalue weighted by atomic mass is 127. The van der Waals surface area contributed by atoms with Crippen LogP contribution in [0.3, 0.4) is 0 Å². The predicted molar refractivity (Wildman–Crippen MR) is 118 cm³/mol. The first-order valence-corrected chi connectivity index (χ1v) is 9.77. The maximum atomic E-state index is 12.6. The highest BCUT2D eigenvalue weighted by Gasteiger charge is 2.12. The quantitative estimate of drug-likeness (QED) is 0.400. The summed E-state index contributed by atoms with van der Waals surface area (Å²) in [6.07, 6.45) is 0. The van der Waals surface area contributed by atoms with Crippen LogP contribution >= 0.6 is 34.2 Å². The van der Waals surface area contributed by atoms with Crippen LogP contribution in [-0.4, -0.2) is 28.0 Å². The molecule has 0 atom stereocenters. The molecule has 0 bridgehead atoms. The summed E-state index contributed by atoms with van der Waals surface area (Å²) in [7, 11) is 1.62. The van der Waals surface area contributed by atoms with E-state index >= 15 is 0 Å². The van der Waals surface area contributed by atoms with Gasteiger partial charge in [0.2, 0.25) is 0 Å². The number of nitrogens with zero attached hydrogens (tertiary/aromatic N) is 3. The molecule has 0 aliphatic heterocycles. The lowest BCUT2D eigenvalue weighted by molar-refractivity contribution is 0.102. The summed E-state index contributed by atoms with van der Waals surface area (Å²) in [6.45, 7) is 0. The van der Waals surface area contributed by atoms with Gasteiger partial charge in [0.05, 0.1) is 23.4 Å². The molecule has 0 fully saturated rings. The molecule has 4 aromatic rings. The fourth-order valence-electron chi connectivity index (χ4n) is 2.69. The van der Waals surface area contributed by atoms with Crippen LogP contribution in [0.2, 0.25) is 5.02 Å². The number of rotatable bonds is 4. The monoisotopic (exact) mass is 504 g/mol. The Morgan fingerprint density at radius 3 is 2.54 bits per heavy atom. The third-order valence-electron chi connectivity index (χ3n) is 4.11. The van der Waals surface area contributed by atoms with Gasteiger partial charge >= 0.3 is 0 Å². The van der Waals surface area contributed by atoms with E-state index in [4.69, 9.17) is 16.3 Å². The van der Waals surface area contributed by atoms with E-state index in [-0.39, 0.29) is 5.91 Å². The number of ether oxygens (including phenoxy) is 1. The lowest BCUT2D eigenvalue weighted by Gasteiger charge is -2.07. The second-order valence-electron chi connectivity index (χ2n) is 5.97. The molecule has 8 heteroatoms. The SMILES string of the molecule is COc1ccc(-n2nc3ccc(NC(=O)c4cc(I)ccc4Cl)cc3n2)cc1. The minimum absolute atomic E-state index is 0.273. The van der Waals surface area contributed by atoms with Gasteiger partial charge in [0.15, 0.2) is 0 Å². The van der Waals surface area contributed by atoms with Crippen LogP contribution in [0.15, 0.2) is 60.7 Å². The Kier molecular flexibility index (Phi) is 5.19. The van der Waals surface area contributed by atoms with Crippen molar-refractivity contribution in [3.05, 3.63) is 74.8 Å². The van der Waals surface area contributed by atoms with E-state index in [2.05, 4.69) is 38.1 Å². The van der Waals surface area contributed by atoms with Crippen molar-refractivity contribution in [2.45, 2.75) is 0 Å². The van der Waals surface area contributed by atoms with Crippen LogP contribution in [0.1, 0.15) is 10.4 Å². The number of amides is 1. The fourth-order valence-corrected chi connectivity index (χ4v) is 3.39. The number of fused-ring (bicyclic) bond motifs is 1. The van der Waals surface area contributed by atoms with E-state index in [9.17, 15) is 4.79 Å². The standard InChI is InChI=1S/C20H14ClIN4O2/c1-28-15-6-4-14(5-7-15)26-24-18-9-3-13(11-19(18)25-26)23-20(27)16-10-12(22)2-8-17(16)21/h2-11H,1H3,(H,23,27). The summed E-state index contributed by atoms with van der Waals surface area (Å²) in [6, 6.07) is 18.1. The van der Waals surface area contributed by atoms with Gasteiger partial charge in [0.25, 0.3) is 5.91 Å². The molecular weight excluding hydrogens is 491 g/mol. The van der Waals surface area contributed by atoms with Crippen molar-refractivity contribution < 1.29 is 9.53 Å². The minimum atomic E-state index is -0.273. The maximum absolute atomic E-state index is 12.6. The summed E-state index contributed by atoms with van der Waals surface area (Å²) < 4.78 is 6.10. The van der Waals surface area contributed by atoms with Gasteiger partial charge in [0.1, 0.15) is 16.8 Å². The molecule has 0 aliphatic carbocycles. The molecule has 0 unspecified atom stereocenters. The molecule has 1 amide bonds. The molecular formula is C20H14ClIN4O2. The number of hydrogen-bond donors (Lipinski definition) is 1. The molecule has 0 radical (unpaired) electrons. The van der Waals surface area contributed by atoms with Crippen molar-refractivity contribution in [3.63, 3.8) is 0 Å². The number of carbonyl (C=O) groups excluding carboxylic acids is 1. The molecule has 1 heterocycles. The molecule has 28 heavy (non-hydrogen) atoms. The zero-order valence-corrected chi connectivity index (χ0v) is 17.6. The van der Waals surface area contributed by atoms with Crippen molar-refractivity contribution in [2.75, 3.05) is 12.4 Å². The Balaban J connectivity index is 1.60. The van der Waals surface area contributed by atoms with Gasteiger partial charge < -0.3 is 10.1 Å². The summed E-state index contributed by atoms with van der Waals surface area (Å²) in [5.74, 6) is 0.491. The smallest absolute Gasteiger partial charge is 0.257 e. The molecule has 3 aromatic carbocycles. The molecule has 1 N–H and O–H groups in total. The second kappa shape index (κ2) is 7.76. The van der Waals surface area contributed by atoms with Gasteiger partial charge in [-0.25, -0.2) is 0 Å². The Morgan fingerprint density at radius 1 is 1.04 bits per heavy atom. The van der Waals surface area contributed by atoms with E-state index in [0.717, 1.165) is 20.5 Å². The summed E-state index contributed by atoms with van der Waals surface area (Å²) in [5, 5.41) is 12.2. The topological polar surface area (TPSA) is 69.0 Å². The number of aromatic nitrogens is 3. The van der Waals surface area contributed by atoms with Gasteiger partial charge in [-0.3, -0.25) is 4.79 Å². The van der Waals surface area contributed by atoms with Gasteiger partial charge in [0, 0.05) is 9.26 Å². The first-order chi connectivity index (χ1) is 13.5. The molecule has 4 rings (SSSR count). The maximum Gasteiger partial charge on any atom is 0.257 e. The van der Waals surface area contributed by atoms with E-state index in [1.165, 1.54) is 0 Å². The zero-order chi connectivity index (χ0) is 19.7. The average molecular weight is 505 g/mol. The number of halogens is 2. The first-order valence-electron chi connectivity index (χ1n) is 8.31. The molecule has 6 nitrogen and oxygen atoms in total. The number of hydrogen-bond acceptors (Lipinski definition) is 4. The van der Waals surface area contributed by atoms with Crippen molar-refractivity contribution >= 4 is 56.8 Å². The van der Waals surface area contributed by atoms with E-state index in [0.29, 0.717) is 21.8 Å². The molecule has 0 saturated heterocycles. The van der Waals surface area contributed by atoms with Gasteiger partial charge in [-0.1, -0.05) is 11.6 Å². The lowest BCUT2D eigenvalue weighted by atomic mass is 10.2. The third kappa shape index (κ3) is 3.81. The Hall–Kier alpha value is -2.65. The van der Waals surface area contributed by atoms with Crippen molar-refractivity contribution in [1.82, 2.24) is 15.0 Å². The molecule has 1 aromatic heterocycles. The molecule has 140 valence electrons. The van der Waals surface area contributed by atoms with Gasteiger partial charge in [-0.15, -0.1) is 10.2 Å². The lowest BCUT2D eigenvalue weighted by Crippen LogP contribution is -2.12. The van der Waals surface area contributed by atoms with Crippen molar-refractivity contribution in [2.24, 2.45) is 0 Å². The number of methoxy groups -OCH3 is 1. The Labute approximate surface area is 179 Å². The largest absolute Gasteiger partial charge is 0.497 e. The van der Waals surface area contributed by atoms with Crippen LogP contribution in [0.4, 0.5) is 5.69 Å². The highest BCUT2D eigenvalue weighted by Crippen LogP contribution is 2.22. The van der Waals surface area contributed by atoms with Gasteiger partial charge in [-0.05, 0) is 83.3 Å². The van der Waals surface area contributed by atoms with Crippen LogP contribution in [0.25, 0.3) is 16.7 Å². The number of anilines is 1. The van der Waals surface area contributed by atoms with E-state index in [1.54, 1.807) is 36.2 Å². The second-order valence-corrected chi connectivity index (χ2v) is 7.62. The van der Waals surface area contributed by atoms with E-state index in [1.807, 2.05) is 36.4 Å². The average Bonchev–Trinajstić information content (AvgIpc) is 3.13. The van der Waals surface area contributed by atoms with Crippen LogP contribution in [-0.2, 0) is 0 Å². The third-order valence-corrected chi connectivity index (χ3v) is 5.12. The van der Waals surface area contributed by atoms with E-state index < -0.39 is 0 Å². The van der Waals surface area contributed by atoms with Crippen molar-refractivity contribution in [1.29, 1.82) is 0 Å². The molecule has 0 spiro atoms. The van der Waals surface area contributed by atoms with Gasteiger partial charge in [-0.2, -0.15) is 4.80 Å². The zero-order valence-electron chi connectivity index (χ0n) is 14.7. The number of carbonyl (C=O) groups is 1. The van der Waals surface area contributed by atoms with Crippen LogP contribution in [0.5, 0.6) is 5.75 Å². The number of nitrogens with one attached hydrogen (secondary N) is 1. The van der Waals surface area contributed by atoms with Crippen LogP contribution in [0, 0.1) is 3.57 Å². The highest BCUT2D eigenvalue weighted by molar-refractivity contribution is 14.1. The fraction of sp³-hybridized carbons (Fsp3) is 0.0500. The minimum Gasteiger partial charge on any atom is -0.497 e. The summed E-state index contributed by atoms with van der Waals surface area (Å²) in [4.78, 5) is 14.1. The van der Waals surface area contributed by atoms with Crippen molar-refractivity contribution in [3.8, 4) is 11.4 Å². The first kappa shape index (κ1) is 18.7. The Morgan fingerprint density at radius 2 is 1.79 bits per heavy atom. The Bertz CT molecular complexity index is 1170. The molecule has 0 aliphatic rings. The number of benzene rings is 3. The summed E-state index contributed by atoms with van der Waals surface area (Å²) in [5.41, 5.74) is 3.25. The predicted octanol–water partition coefficient (Wildman–Crippen LogP) is 4.94.